The molecule has 0 aliphatic rings. The molecule has 2 heterocycles. The van der Waals surface area contributed by atoms with E-state index in [1.807, 2.05) is 13.0 Å². The Morgan fingerprint density at radius 1 is 1.11 bits per heavy atom. The Bertz CT molecular complexity index is 1420. The number of rotatable bonds is 9. The van der Waals surface area contributed by atoms with Gasteiger partial charge in [-0.2, -0.15) is 5.10 Å². The van der Waals surface area contributed by atoms with Crippen molar-refractivity contribution in [2.75, 3.05) is 10.6 Å². The summed E-state index contributed by atoms with van der Waals surface area (Å²) in [6.45, 7) is 2.22. The highest BCUT2D eigenvalue weighted by Gasteiger charge is 2.21. The van der Waals surface area contributed by atoms with Crippen molar-refractivity contribution in [1.29, 1.82) is 0 Å². The minimum absolute atomic E-state index is 0.0302. The van der Waals surface area contributed by atoms with Crippen molar-refractivity contribution in [3.63, 3.8) is 0 Å². The zero-order chi connectivity index (χ0) is 25.7. The van der Waals surface area contributed by atoms with E-state index in [0.29, 0.717) is 12.2 Å². The third-order valence-electron chi connectivity index (χ3n) is 4.96. The van der Waals surface area contributed by atoms with Crippen molar-refractivity contribution in [2.45, 2.75) is 20.1 Å². The second kappa shape index (κ2) is 10.7. The number of nitrogens with zero attached hydrogens (tertiary/aromatic N) is 3. The fourth-order valence-electron chi connectivity index (χ4n) is 3.18. The average Bonchev–Trinajstić information content (AvgIpc) is 3.51. The van der Waals surface area contributed by atoms with Crippen LogP contribution in [0.15, 0.2) is 71.3 Å². The number of benzene rings is 2. The van der Waals surface area contributed by atoms with E-state index in [9.17, 15) is 19.7 Å². The first-order valence-electron chi connectivity index (χ1n) is 10.7. The van der Waals surface area contributed by atoms with Crippen LogP contribution >= 0.6 is 11.6 Å². The highest BCUT2D eigenvalue weighted by atomic mass is 35.5. The van der Waals surface area contributed by atoms with Crippen molar-refractivity contribution in [1.82, 2.24) is 9.78 Å². The van der Waals surface area contributed by atoms with Gasteiger partial charge in [-0.1, -0.05) is 29.8 Å². The Labute approximate surface area is 209 Å². The minimum Gasteiger partial charge on any atom is -0.484 e. The van der Waals surface area contributed by atoms with Gasteiger partial charge in [-0.3, -0.25) is 24.4 Å². The molecule has 0 unspecified atom stereocenters. The van der Waals surface area contributed by atoms with Gasteiger partial charge in [-0.05, 0) is 37.3 Å². The number of anilines is 2. The van der Waals surface area contributed by atoms with Gasteiger partial charge in [0, 0.05) is 24.5 Å². The molecule has 0 atom stereocenters. The topological polar surface area (TPSA) is 142 Å². The first kappa shape index (κ1) is 24.5. The number of nitro groups is 1. The van der Waals surface area contributed by atoms with Gasteiger partial charge in [0.15, 0.2) is 11.5 Å². The Kier molecular flexibility index (Phi) is 7.31. The van der Waals surface area contributed by atoms with Crippen LogP contribution in [0.1, 0.15) is 33.7 Å². The molecule has 2 aromatic carbocycles. The van der Waals surface area contributed by atoms with Gasteiger partial charge in [0.1, 0.15) is 18.1 Å². The zero-order valence-electron chi connectivity index (χ0n) is 18.9. The van der Waals surface area contributed by atoms with Crippen molar-refractivity contribution >= 4 is 40.5 Å². The number of para-hydroxylation sites is 1. The molecule has 0 radical (unpaired) electrons. The summed E-state index contributed by atoms with van der Waals surface area (Å²) in [5.74, 6) is -0.717. The summed E-state index contributed by atoms with van der Waals surface area (Å²) in [6, 6.07) is 15.7. The van der Waals surface area contributed by atoms with Gasteiger partial charge in [-0.15, -0.1) is 0 Å². The largest absolute Gasteiger partial charge is 0.484 e. The summed E-state index contributed by atoms with van der Waals surface area (Å²) in [7, 11) is 0. The van der Waals surface area contributed by atoms with Crippen molar-refractivity contribution in [3.8, 4) is 5.75 Å². The lowest BCUT2D eigenvalue weighted by molar-refractivity contribution is -0.384. The molecule has 2 N–H and O–H groups in total. The number of carbonyl (C=O) groups excluding carboxylic acids is 2. The van der Waals surface area contributed by atoms with E-state index in [-0.39, 0.29) is 46.0 Å². The molecule has 0 bridgehead atoms. The number of hydrogen-bond donors (Lipinski definition) is 2. The third-order valence-corrected chi connectivity index (χ3v) is 5.27. The van der Waals surface area contributed by atoms with Crippen LogP contribution in [-0.4, -0.2) is 26.5 Å². The van der Waals surface area contributed by atoms with Crippen LogP contribution in [0, 0.1) is 10.1 Å². The quantitative estimate of drug-likeness (QED) is 0.235. The van der Waals surface area contributed by atoms with Crippen LogP contribution in [-0.2, 0) is 13.2 Å². The molecule has 0 spiro atoms. The Hall–Kier alpha value is -4.64. The normalized spacial score (nSPS) is 10.6. The number of ether oxygens (including phenoxy) is 1. The molecule has 0 aliphatic heterocycles. The first-order chi connectivity index (χ1) is 17.3. The van der Waals surface area contributed by atoms with Crippen LogP contribution in [0.5, 0.6) is 5.75 Å². The second-order valence-electron chi connectivity index (χ2n) is 7.45. The van der Waals surface area contributed by atoms with Gasteiger partial charge in [0.05, 0.1) is 21.7 Å². The molecule has 2 aromatic heterocycles. The number of furan rings is 1. The smallest absolute Gasteiger partial charge is 0.291 e. The maximum absolute atomic E-state index is 12.8. The number of amides is 2. The molecule has 11 nitrogen and oxygen atoms in total. The summed E-state index contributed by atoms with van der Waals surface area (Å²) in [6.07, 6.45) is 1.55. The molecule has 0 aliphatic carbocycles. The molecule has 4 rings (SSSR count). The number of carbonyl (C=O) groups is 2. The van der Waals surface area contributed by atoms with Crippen LogP contribution < -0.4 is 15.4 Å². The summed E-state index contributed by atoms with van der Waals surface area (Å²) in [4.78, 5) is 36.0. The summed E-state index contributed by atoms with van der Waals surface area (Å²) >= 11 is 6.04. The molecular weight excluding hydrogens is 490 g/mol. The molecule has 4 aromatic rings. The molecular formula is C24H20ClN5O6. The Morgan fingerprint density at radius 3 is 2.61 bits per heavy atom. The fraction of sp³-hybridized carbons (Fsp3) is 0.125. The van der Waals surface area contributed by atoms with E-state index in [2.05, 4.69) is 15.7 Å². The number of aryl methyl sites for hydroxylation is 1. The highest BCUT2D eigenvalue weighted by molar-refractivity contribution is 6.32. The first-order valence-corrected chi connectivity index (χ1v) is 11.1. The van der Waals surface area contributed by atoms with Gasteiger partial charge in [-0.25, -0.2) is 0 Å². The Morgan fingerprint density at radius 2 is 1.89 bits per heavy atom. The number of aromatic nitrogens is 2. The molecule has 0 saturated heterocycles. The lowest BCUT2D eigenvalue weighted by Crippen LogP contribution is -2.17. The number of nitro benzene ring substituents is 1. The van der Waals surface area contributed by atoms with Crippen molar-refractivity contribution < 1.29 is 23.7 Å². The monoisotopic (exact) mass is 509 g/mol. The number of non-ortho nitro benzene ring substituents is 1. The summed E-state index contributed by atoms with van der Waals surface area (Å²) < 4.78 is 12.6. The van der Waals surface area contributed by atoms with Crippen LogP contribution in [0.4, 0.5) is 17.1 Å². The van der Waals surface area contributed by atoms with E-state index in [0.717, 1.165) is 0 Å². The van der Waals surface area contributed by atoms with Crippen LogP contribution in [0.2, 0.25) is 5.02 Å². The molecule has 36 heavy (non-hydrogen) atoms. The van der Waals surface area contributed by atoms with E-state index in [1.54, 1.807) is 30.5 Å². The number of halogens is 1. The van der Waals surface area contributed by atoms with Gasteiger partial charge in [0.25, 0.3) is 17.5 Å². The van der Waals surface area contributed by atoms with Gasteiger partial charge in [0.2, 0.25) is 0 Å². The highest BCUT2D eigenvalue weighted by Crippen LogP contribution is 2.29. The van der Waals surface area contributed by atoms with E-state index < -0.39 is 16.7 Å². The van der Waals surface area contributed by atoms with Crippen molar-refractivity contribution in [2.24, 2.45) is 0 Å². The molecule has 0 fully saturated rings. The fourth-order valence-corrected chi connectivity index (χ4v) is 3.35. The maximum Gasteiger partial charge on any atom is 0.291 e. The average molecular weight is 510 g/mol. The summed E-state index contributed by atoms with van der Waals surface area (Å²) in [5, 5.41) is 20.8. The van der Waals surface area contributed by atoms with Crippen LogP contribution in [0.3, 0.4) is 0 Å². The summed E-state index contributed by atoms with van der Waals surface area (Å²) in [5.41, 5.74) is 0.677. The maximum atomic E-state index is 12.8. The Balaban J connectivity index is 1.44. The third kappa shape index (κ3) is 5.70. The molecule has 12 heteroatoms. The van der Waals surface area contributed by atoms with E-state index in [4.69, 9.17) is 20.8 Å². The van der Waals surface area contributed by atoms with Gasteiger partial charge >= 0.3 is 0 Å². The number of nitrogens with one attached hydrogen (secondary N) is 2. The minimum atomic E-state index is -0.598. The van der Waals surface area contributed by atoms with Gasteiger partial charge < -0.3 is 19.8 Å². The molecule has 0 saturated carbocycles. The SMILES string of the molecule is CCn1cc(NC(=O)c2ccc(COc3cc([N+](=O)[O-])ccc3Cl)o2)c(C(=O)Nc2ccccc2)n1. The van der Waals surface area contributed by atoms with E-state index in [1.165, 1.54) is 35.0 Å². The standard InChI is InChI=1S/C24H20ClN5O6/c1-2-29-13-19(22(28-29)24(32)26-15-6-4-3-5-7-15)27-23(31)20-11-9-17(36-20)14-35-21-12-16(30(33)34)8-10-18(21)25/h3-13H,2,14H2,1H3,(H,26,32)(H,27,31). The van der Waals surface area contributed by atoms with Crippen molar-refractivity contribution in [3.05, 3.63) is 99.2 Å². The lowest BCUT2D eigenvalue weighted by atomic mass is 10.3. The zero-order valence-corrected chi connectivity index (χ0v) is 19.7. The predicted octanol–water partition coefficient (Wildman–Crippen LogP) is 5.14. The molecule has 2 amide bonds. The van der Waals surface area contributed by atoms with E-state index >= 15 is 0 Å². The molecule has 184 valence electrons. The predicted molar refractivity (Wildman–Crippen MR) is 131 cm³/mol. The van der Waals surface area contributed by atoms with Crippen LogP contribution in [0.25, 0.3) is 0 Å². The number of hydrogen-bond acceptors (Lipinski definition) is 7. The lowest BCUT2D eigenvalue weighted by Gasteiger charge is -2.06. The second-order valence-corrected chi connectivity index (χ2v) is 7.86.